The SMILES string of the molecule is CCc1c(C)c2cc3c(c(C)c2oc1=O)OC[NH+](Cc1ccc(OC)cc1)C3. The number of aryl methyl sites for hydroxylation is 2. The Labute approximate surface area is 164 Å². The maximum Gasteiger partial charge on any atom is 0.339 e. The summed E-state index contributed by atoms with van der Waals surface area (Å²) in [5.74, 6) is 1.72. The number of hydrogen-bond acceptors (Lipinski definition) is 4. The van der Waals surface area contributed by atoms with Gasteiger partial charge in [-0.25, -0.2) is 4.79 Å². The van der Waals surface area contributed by atoms with Gasteiger partial charge in [0.2, 0.25) is 6.73 Å². The molecule has 5 heteroatoms. The van der Waals surface area contributed by atoms with Crippen molar-refractivity contribution in [3.05, 3.63) is 68.6 Å². The average Bonchev–Trinajstić information content (AvgIpc) is 2.70. The summed E-state index contributed by atoms with van der Waals surface area (Å²) in [6, 6.07) is 10.3. The lowest BCUT2D eigenvalue weighted by atomic mass is 9.98. The van der Waals surface area contributed by atoms with Gasteiger partial charge in [0.1, 0.15) is 30.2 Å². The highest BCUT2D eigenvalue weighted by Crippen LogP contribution is 2.34. The van der Waals surface area contributed by atoms with Gasteiger partial charge in [-0.05, 0) is 56.2 Å². The Bertz CT molecular complexity index is 1080. The fourth-order valence-electron chi connectivity index (χ4n) is 4.11. The van der Waals surface area contributed by atoms with Crippen molar-refractivity contribution >= 4 is 11.0 Å². The zero-order valence-corrected chi connectivity index (χ0v) is 16.8. The number of nitrogens with one attached hydrogen (secondary N) is 1. The first-order valence-electron chi connectivity index (χ1n) is 9.69. The van der Waals surface area contributed by atoms with Crippen molar-refractivity contribution in [2.24, 2.45) is 0 Å². The summed E-state index contributed by atoms with van der Waals surface area (Å²) in [6.07, 6.45) is 0.672. The van der Waals surface area contributed by atoms with Gasteiger partial charge in [0.05, 0.1) is 7.11 Å². The highest BCUT2D eigenvalue weighted by Gasteiger charge is 2.25. The summed E-state index contributed by atoms with van der Waals surface area (Å²) in [5, 5.41) is 1.02. The molecular formula is C23H26NO4+. The fourth-order valence-corrected chi connectivity index (χ4v) is 4.11. The van der Waals surface area contributed by atoms with E-state index in [0.717, 1.165) is 46.7 Å². The number of benzene rings is 2. The maximum absolute atomic E-state index is 12.3. The second-order valence-corrected chi connectivity index (χ2v) is 7.45. The molecule has 0 saturated carbocycles. The molecule has 0 aliphatic carbocycles. The first kappa shape index (κ1) is 18.6. The lowest BCUT2D eigenvalue weighted by molar-refractivity contribution is -0.945. The van der Waals surface area contributed by atoms with Crippen LogP contribution < -0.4 is 20.0 Å². The molecule has 28 heavy (non-hydrogen) atoms. The van der Waals surface area contributed by atoms with E-state index in [0.29, 0.717) is 18.7 Å². The average molecular weight is 380 g/mol. The molecule has 1 aliphatic rings. The van der Waals surface area contributed by atoms with Crippen LogP contribution in [0.5, 0.6) is 11.5 Å². The van der Waals surface area contributed by atoms with E-state index < -0.39 is 0 Å². The van der Waals surface area contributed by atoms with Crippen LogP contribution in [0.3, 0.4) is 0 Å². The third-order valence-corrected chi connectivity index (χ3v) is 5.66. The van der Waals surface area contributed by atoms with E-state index in [2.05, 4.69) is 18.2 Å². The third kappa shape index (κ3) is 3.16. The largest absolute Gasteiger partial charge is 0.497 e. The molecule has 0 fully saturated rings. The second-order valence-electron chi connectivity index (χ2n) is 7.45. The summed E-state index contributed by atoms with van der Waals surface area (Å²) in [5.41, 5.74) is 5.51. The van der Waals surface area contributed by atoms with E-state index in [-0.39, 0.29) is 5.63 Å². The lowest BCUT2D eigenvalue weighted by Gasteiger charge is -2.28. The molecule has 0 spiro atoms. The molecule has 1 unspecified atom stereocenters. The quantitative estimate of drug-likeness (QED) is 0.707. The molecule has 1 aliphatic heterocycles. The van der Waals surface area contributed by atoms with Gasteiger partial charge < -0.3 is 13.9 Å². The van der Waals surface area contributed by atoms with Gasteiger partial charge in [0.15, 0.2) is 0 Å². The van der Waals surface area contributed by atoms with Crippen molar-refractivity contribution in [1.29, 1.82) is 0 Å². The summed E-state index contributed by atoms with van der Waals surface area (Å²) < 4.78 is 17.0. The van der Waals surface area contributed by atoms with E-state index in [4.69, 9.17) is 13.9 Å². The Morgan fingerprint density at radius 3 is 2.57 bits per heavy atom. The first-order valence-corrected chi connectivity index (χ1v) is 9.69. The van der Waals surface area contributed by atoms with Gasteiger partial charge in [0.25, 0.3) is 0 Å². The van der Waals surface area contributed by atoms with Crippen LogP contribution in [0.2, 0.25) is 0 Å². The predicted molar refractivity (Wildman–Crippen MR) is 108 cm³/mol. The van der Waals surface area contributed by atoms with Gasteiger partial charge >= 0.3 is 5.63 Å². The molecule has 0 saturated heterocycles. The van der Waals surface area contributed by atoms with Crippen molar-refractivity contribution in [2.45, 2.75) is 40.3 Å². The molecule has 1 aromatic heterocycles. The molecule has 3 aromatic rings. The van der Waals surface area contributed by atoms with Crippen molar-refractivity contribution in [3.8, 4) is 11.5 Å². The first-order chi connectivity index (χ1) is 13.5. The fraction of sp³-hybridized carbons (Fsp3) is 0.348. The summed E-state index contributed by atoms with van der Waals surface area (Å²) >= 11 is 0. The van der Waals surface area contributed by atoms with E-state index in [9.17, 15) is 4.79 Å². The predicted octanol–water partition coefficient (Wildman–Crippen LogP) is 2.92. The Hall–Kier alpha value is -2.79. The van der Waals surface area contributed by atoms with Gasteiger partial charge in [-0.1, -0.05) is 6.92 Å². The molecule has 0 radical (unpaired) electrons. The van der Waals surface area contributed by atoms with Crippen LogP contribution in [0.15, 0.2) is 39.5 Å². The van der Waals surface area contributed by atoms with Crippen molar-refractivity contribution in [1.82, 2.24) is 0 Å². The van der Waals surface area contributed by atoms with Gasteiger partial charge in [0, 0.05) is 27.6 Å². The van der Waals surface area contributed by atoms with Crippen LogP contribution in [0.1, 0.15) is 34.7 Å². The minimum atomic E-state index is -0.238. The Morgan fingerprint density at radius 2 is 1.89 bits per heavy atom. The second kappa shape index (κ2) is 7.32. The molecule has 2 aromatic carbocycles. The zero-order chi connectivity index (χ0) is 19.8. The minimum Gasteiger partial charge on any atom is -0.497 e. The van der Waals surface area contributed by atoms with Crippen LogP contribution in [-0.4, -0.2) is 13.8 Å². The van der Waals surface area contributed by atoms with Gasteiger partial charge in [-0.3, -0.25) is 4.90 Å². The van der Waals surface area contributed by atoms with Crippen molar-refractivity contribution in [2.75, 3.05) is 13.8 Å². The number of hydrogen-bond donors (Lipinski definition) is 1. The Kier molecular flexibility index (Phi) is 4.85. The normalized spacial score (nSPS) is 15.9. The lowest BCUT2D eigenvalue weighted by Crippen LogP contribution is -3.10. The molecule has 1 atom stereocenters. The Morgan fingerprint density at radius 1 is 1.14 bits per heavy atom. The Balaban J connectivity index is 1.68. The molecule has 1 N–H and O–H groups in total. The van der Waals surface area contributed by atoms with Crippen LogP contribution in [0, 0.1) is 13.8 Å². The van der Waals surface area contributed by atoms with Crippen LogP contribution in [0.4, 0.5) is 0 Å². The molecule has 4 rings (SSSR count). The number of fused-ring (bicyclic) bond motifs is 2. The number of quaternary nitrogens is 1. The molecule has 0 amide bonds. The molecule has 0 bridgehead atoms. The monoisotopic (exact) mass is 380 g/mol. The third-order valence-electron chi connectivity index (χ3n) is 5.66. The zero-order valence-electron chi connectivity index (χ0n) is 16.8. The van der Waals surface area contributed by atoms with Crippen LogP contribution >= 0.6 is 0 Å². The number of ether oxygens (including phenoxy) is 2. The van der Waals surface area contributed by atoms with E-state index in [1.54, 1.807) is 7.11 Å². The van der Waals surface area contributed by atoms with Gasteiger partial charge in [-0.2, -0.15) is 0 Å². The minimum absolute atomic E-state index is 0.238. The standard InChI is InChI=1S/C23H25NO4/c1-5-19-14(2)20-10-17-12-24(11-16-6-8-18(26-4)9-7-16)13-27-21(17)15(3)22(20)28-23(19)25/h6-10H,5,11-13H2,1-4H3/p+1. The van der Waals surface area contributed by atoms with Crippen LogP contribution in [0.25, 0.3) is 11.0 Å². The summed E-state index contributed by atoms with van der Waals surface area (Å²) in [4.78, 5) is 13.6. The van der Waals surface area contributed by atoms with E-state index in [1.807, 2.05) is 32.9 Å². The number of rotatable bonds is 4. The highest BCUT2D eigenvalue weighted by atomic mass is 16.5. The van der Waals surface area contributed by atoms with E-state index >= 15 is 0 Å². The van der Waals surface area contributed by atoms with Crippen molar-refractivity contribution in [3.63, 3.8) is 0 Å². The number of methoxy groups -OCH3 is 1. The topological polar surface area (TPSA) is 53.1 Å². The maximum atomic E-state index is 12.3. The van der Waals surface area contributed by atoms with E-state index in [1.165, 1.54) is 16.0 Å². The van der Waals surface area contributed by atoms with Crippen molar-refractivity contribution < 1.29 is 18.8 Å². The highest BCUT2D eigenvalue weighted by molar-refractivity contribution is 5.87. The molecule has 2 heterocycles. The van der Waals surface area contributed by atoms with Crippen LogP contribution in [-0.2, 0) is 19.5 Å². The summed E-state index contributed by atoms with van der Waals surface area (Å²) in [6.45, 7) is 8.31. The smallest absolute Gasteiger partial charge is 0.339 e. The van der Waals surface area contributed by atoms with Gasteiger partial charge in [-0.15, -0.1) is 0 Å². The molecule has 146 valence electrons. The molecular weight excluding hydrogens is 354 g/mol. The summed E-state index contributed by atoms with van der Waals surface area (Å²) in [7, 11) is 1.68. The molecule has 5 nitrogen and oxygen atoms in total.